The van der Waals surface area contributed by atoms with E-state index in [1.165, 1.54) is 6.92 Å². The van der Waals surface area contributed by atoms with Gasteiger partial charge in [0.2, 0.25) is 11.8 Å². The molecule has 2 rings (SSSR count). The smallest absolute Gasteiger partial charge is 0.227 e. The van der Waals surface area contributed by atoms with Gasteiger partial charge < -0.3 is 14.7 Å². The van der Waals surface area contributed by atoms with E-state index < -0.39 is 0 Å². The molecule has 0 spiro atoms. The van der Waals surface area contributed by atoms with Gasteiger partial charge in [-0.3, -0.25) is 9.59 Å². The molecule has 0 saturated carbocycles. The number of nitrogens with one attached hydrogen (secondary N) is 1. The largest absolute Gasteiger partial charge is 0.360 e. The zero-order valence-electron chi connectivity index (χ0n) is 13.6. The van der Waals surface area contributed by atoms with Gasteiger partial charge in [-0.15, -0.1) is 0 Å². The molecule has 0 aliphatic heterocycles. The third kappa shape index (κ3) is 4.42. The number of hydrogen-bond donors (Lipinski definition) is 1. The maximum absolute atomic E-state index is 12.0. The van der Waals surface area contributed by atoms with Crippen LogP contribution in [0.1, 0.15) is 31.6 Å². The van der Waals surface area contributed by atoms with Crippen LogP contribution in [-0.4, -0.2) is 23.5 Å². The first-order valence-corrected chi connectivity index (χ1v) is 7.60. The lowest BCUT2D eigenvalue weighted by Gasteiger charge is -2.23. The van der Waals surface area contributed by atoms with Crippen molar-refractivity contribution >= 4 is 23.3 Å². The molecule has 1 aromatic carbocycles. The van der Waals surface area contributed by atoms with Gasteiger partial charge in [0.05, 0.1) is 0 Å². The summed E-state index contributed by atoms with van der Waals surface area (Å²) in [7, 11) is 0. The summed E-state index contributed by atoms with van der Waals surface area (Å²) in [6.07, 6.45) is 1.01. The first kappa shape index (κ1) is 16.7. The van der Waals surface area contributed by atoms with E-state index >= 15 is 0 Å². The SMILES string of the molecule is CCc1ccccc1N(CCC(=O)Nc1cc(C)on1)C(C)=O. The first-order chi connectivity index (χ1) is 11.0. The fourth-order valence-electron chi connectivity index (χ4n) is 2.36. The molecule has 6 heteroatoms. The Bertz CT molecular complexity index is 694. The van der Waals surface area contributed by atoms with Crippen LogP contribution in [0.15, 0.2) is 34.9 Å². The van der Waals surface area contributed by atoms with Crippen molar-refractivity contribution in [3.8, 4) is 0 Å². The molecule has 0 unspecified atom stereocenters. The lowest BCUT2D eigenvalue weighted by molar-refractivity contribution is -0.117. The number of rotatable bonds is 6. The molecule has 0 radical (unpaired) electrons. The van der Waals surface area contributed by atoms with Crippen LogP contribution in [0.4, 0.5) is 11.5 Å². The number of hydrogen-bond acceptors (Lipinski definition) is 4. The summed E-state index contributed by atoms with van der Waals surface area (Å²) in [5.74, 6) is 0.716. The monoisotopic (exact) mass is 315 g/mol. The second kappa shape index (κ2) is 7.58. The Kier molecular flexibility index (Phi) is 5.51. The van der Waals surface area contributed by atoms with Crippen molar-refractivity contribution < 1.29 is 14.1 Å². The third-order valence-corrected chi connectivity index (χ3v) is 3.50. The third-order valence-electron chi connectivity index (χ3n) is 3.50. The van der Waals surface area contributed by atoms with Gasteiger partial charge in [-0.05, 0) is 25.0 Å². The van der Waals surface area contributed by atoms with Crippen LogP contribution < -0.4 is 10.2 Å². The van der Waals surface area contributed by atoms with Gasteiger partial charge >= 0.3 is 0 Å². The van der Waals surface area contributed by atoms with Gasteiger partial charge in [-0.25, -0.2) is 0 Å². The Balaban J connectivity index is 2.02. The minimum atomic E-state index is -0.210. The Labute approximate surface area is 135 Å². The van der Waals surface area contributed by atoms with E-state index in [2.05, 4.69) is 10.5 Å². The van der Waals surface area contributed by atoms with Crippen molar-refractivity contribution in [2.24, 2.45) is 0 Å². The normalized spacial score (nSPS) is 10.4. The molecular formula is C17H21N3O3. The highest BCUT2D eigenvalue weighted by Crippen LogP contribution is 2.21. The molecule has 0 atom stereocenters. The van der Waals surface area contributed by atoms with Gasteiger partial charge in [0.25, 0.3) is 0 Å². The zero-order chi connectivity index (χ0) is 16.8. The van der Waals surface area contributed by atoms with E-state index in [1.807, 2.05) is 31.2 Å². The van der Waals surface area contributed by atoms with Gasteiger partial charge in [-0.2, -0.15) is 0 Å². The van der Waals surface area contributed by atoms with Crippen molar-refractivity contribution in [1.82, 2.24) is 5.16 Å². The maximum Gasteiger partial charge on any atom is 0.227 e. The molecule has 6 nitrogen and oxygen atoms in total. The van der Waals surface area contributed by atoms with Crippen LogP contribution in [0.25, 0.3) is 0 Å². The Morgan fingerprint density at radius 2 is 2.04 bits per heavy atom. The molecule has 0 aliphatic carbocycles. The van der Waals surface area contributed by atoms with Crippen LogP contribution in [0.3, 0.4) is 0 Å². The van der Waals surface area contributed by atoms with E-state index in [0.29, 0.717) is 18.1 Å². The summed E-state index contributed by atoms with van der Waals surface area (Å²) in [5.41, 5.74) is 1.93. The standard InChI is InChI=1S/C17H21N3O3/c1-4-14-7-5-6-8-15(14)20(13(3)21)10-9-17(22)18-16-11-12(2)23-19-16/h5-8,11H,4,9-10H2,1-3H3,(H,18,19,22). The van der Waals surface area contributed by atoms with Crippen LogP contribution in [-0.2, 0) is 16.0 Å². The van der Waals surface area contributed by atoms with Gasteiger partial charge in [0.1, 0.15) is 5.76 Å². The van der Waals surface area contributed by atoms with E-state index in [9.17, 15) is 9.59 Å². The molecule has 122 valence electrons. The van der Waals surface area contributed by atoms with Crippen LogP contribution in [0.5, 0.6) is 0 Å². The summed E-state index contributed by atoms with van der Waals surface area (Å²) < 4.78 is 4.90. The number of anilines is 2. The predicted molar refractivity (Wildman–Crippen MR) is 88.3 cm³/mol. The second-order valence-corrected chi connectivity index (χ2v) is 5.27. The second-order valence-electron chi connectivity index (χ2n) is 5.27. The maximum atomic E-state index is 12.0. The quantitative estimate of drug-likeness (QED) is 0.889. The van der Waals surface area contributed by atoms with Crippen LogP contribution >= 0.6 is 0 Å². The van der Waals surface area contributed by atoms with Gasteiger partial charge in [-0.1, -0.05) is 30.3 Å². The molecule has 0 bridgehead atoms. The summed E-state index contributed by atoms with van der Waals surface area (Å²) in [4.78, 5) is 25.6. The number of carbonyl (C=O) groups is 2. The van der Waals surface area contributed by atoms with Crippen molar-refractivity contribution in [1.29, 1.82) is 0 Å². The van der Waals surface area contributed by atoms with Crippen molar-refractivity contribution in [2.45, 2.75) is 33.6 Å². The highest BCUT2D eigenvalue weighted by molar-refractivity contribution is 5.95. The molecule has 1 aromatic heterocycles. The van der Waals surface area contributed by atoms with Crippen LogP contribution in [0.2, 0.25) is 0 Å². The minimum Gasteiger partial charge on any atom is -0.360 e. The number of aromatic nitrogens is 1. The molecule has 0 saturated heterocycles. The minimum absolute atomic E-state index is 0.0871. The van der Waals surface area contributed by atoms with Crippen molar-refractivity contribution in [3.63, 3.8) is 0 Å². The summed E-state index contributed by atoms with van der Waals surface area (Å²) in [5, 5.41) is 6.37. The summed E-state index contributed by atoms with van der Waals surface area (Å²) in [6, 6.07) is 9.37. The number of amides is 2. The Hall–Kier alpha value is -2.63. The highest BCUT2D eigenvalue weighted by Gasteiger charge is 2.16. The molecule has 1 N–H and O–H groups in total. The molecule has 2 amide bonds. The number of para-hydroxylation sites is 1. The fraction of sp³-hybridized carbons (Fsp3) is 0.353. The van der Waals surface area contributed by atoms with Crippen molar-refractivity contribution in [3.05, 3.63) is 41.7 Å². The van der Waals surface area contributed by atoms with E-state index in [0.717, 1.165) is 17.7 Å². The number of aryl methyl sites for hydroxylation is 2. The molecule has 1 heterocycles. The lowest BCUT2D eigenvalue weighted by Crippen LogP contribution is -2.32. The van der Waals surface area contributed by atoms with E-state index in [1.54, 1.807) is 17.9 Å². The summed E-state index contributed by atoms with van der Waals surface area (Å²) >= 11 is 0. The Morgan fingerprint density at radius 3 is 2.65 bits per heavy atom. The van der Waals surface area contributed by atoms with E-state index in [-0.39, 0.29) is 18.2 Å². The number of carbonyl (C=O) groups excluding carboxylic acids is 2. The fourth-order valence-corrected chi connectivity index (χ4v) is 2.36. The van der Waals surface area contributed by atoms with Gasteiger partial charge in [0.15, 0.2) is 5.82 Å². The number of nitrogens with zero attached hydrogens (tertiary/aromatic N) is 2. The molecule has 0 aliphatic rings. The zero-order valence-corrected chi connectivity index (χ0v) is 13.6. The predicted octanol–water partition coefficient (Wildman–Crippen LogP) is 2.93. The van der Waals surface area contributed by atoms with E-state index in [4.69, 9.17) is 4.52 Å². The van der Waals surface area contributed by atoms with Crippen molar-refractivity contribution in [2.75, 3.05) is 16.8 Å². The lowest BCUT2D eigenvalue weighted by atomic mass is 10.1. The average Bonchev–Trinajstić information content (AvgIpc) is 2.92. The number of benzene rings is 1. The summed E-state index contributed by atoms with van der Waals surface area (Å²) in [6.45, 7) is 5.61. The Morgan fingerprint density at radius 1 is 1.30 bits per heavy atom. The topological polar surface area (TPSA) is 75.4 Å². The molecular weight excluding hydrogens is 294 g/mol. The highest BCUT2D eigenvalue weighted by atomic mass is 16.5. The molecule has 2 aromatic rings. The first-order valence-electron chi connectivity index (χ1n) is 7.60. The van der Waals surface area contributed by atoms with Crippen LogP contribution in [0, 0.1) is 6.92 Å². The van der Waals surface area contributed by atoms with Gasteiger partial charge in [0, 0.05) is 31.6 Å². The molecule has 0 fully saturated rings. The molecule has 23 heavy (non-hydrogen) atoms. The average molecular weight is 315 g/mol.